The molecular formula is C26H26N4O4. The first kappa shape index (κ1) is 22.8. The number of benzene rings is 3. The van der Waals surface area contributed by atoms with E-state index < -0.39 is 12.1 Å². The first-order chi connectivity index (χ1) is 16.4. The standard InChI is InChI=1S/C26H26N4O4/c1-17-11-23(27-14-18(2)29-26(33)34-16-19-7-4-3-5-8-19)22-15-28-30(24(22)12-17)21-10-6-9-20(13-21)25(31)32/h3-13,15,18,27H,14,16H2,1-2H3,(H,29,33)(H,31,32)/t18-/m0/s1. The maximum absolute atomic E-state index is 12.1. The molecule has 0 bridgehead atoms. The molecule has 1 atom stereocenters. The Balaban J connectivity index is 1.44. The van der Waals surface area contributed by atoms with Crippen molar-refractivity contribution in [3.05, 3.63) is 89.6 Å². The van der Waals surface area contributed by atoms with E-state index in [0.717, 1.165) is 27.7 Å². The van der Waals surface area contributed by atoms with E-state index in [1.165, 1.54) is 0 Å². The summed E-state index contributed by atoms with van der Waals surface area (Å²) in [5, 5.41) is 20.9. The Kier molecular flexibility index (Phi) is 6.77. The van der Waals surface area contributed by atoms with Crippen LogP contribution in [0.15, 0.2) is 72.9 Å². The van der Waals surface area contributed by atoms with Crippen molar-refractivity contribution in [2.45, 2.75) is 26.5 Å². The van der Waals surface area contributed by atoms with Crippen LogP contribution in [-0.2, 0) is 11.3 Å². The molecule has 0 radical (unpaired) electrons. The average Bonchev–Trinajstić information content (AvgIpc) is 3.26. The molecule has 3 aromatic carbocycles. The molecule has 34 heavy (non-hydrogen) atoms. The second kappa shape index (κ2) is 10.1. The second-order valence-corrected chi connectivity index (χ2v) is 8.15. The zero-order valence-corrected chi connectivity index (χ0v) is 19.0. The molecule has 0 aliphatic rings. The van der Waals surface area contributed by atoms with E-state index in [1.54, 1.807) is 29.1 Å². The summed E-state index contributed by atoms with van der Waals surface area (Å²) in [4.78, 5) is 23.5. The fourth-order valence-corrected chi connectivity index (χ4v) is 3.67. The molecule has 0 unspecified atom stereocenters. The SMILES string of the molecule is Cc1cc(NC[C@H](C)NC(=O)OCc2ccccc2)c2cnn(-c3cccc(C(=O)O)c3)c2c1. The van der Waals surface area contributed by atoms with Crippen molar-refractivity contribution in [3.63, 3.8) is 0 Å². The average molecular weight is 459 g/mol. The molecule has 174 valence electrons. The van der Waals surface area contributed by atoms with Gasteiger partial charge in [0.15, 0.2) is 0 Å². The Hall–Kier alpha value is -4.33. The fraction of sp³-hybridized carbons (Fsp3) is 0.192. The number of carboxylic acids is 1. The number of anilines is 1. The van der Waals surface area contributed by atoms with Crippen LogP contribution in [0.4, 0.5) is 10.5 Å². The maximum atomic E-state index is 12.1. The summed E-state index contributed by atoms with van der Waals surface area (Å²) in [5.41, 5.74) is 4.55. The number of rotatable bonds is 8. The van der Waals surface area contributed by atoms with Gasteiger partial charge in [0.25, 0.3) is 0 Å². The number of aromatic carboxylic acids is 1. The summed E-state index contributed by atoms with van der Waals surface area (Å²) in [6.07, 6.45) is 1.27. The third-order valence-electron chi connectivity index (χ3n) is 5.35. The van der Waals surface area contributed by atoms with Gasteiger partial charge < -0.3 is 20.5 Å². The van der Waals surface area contributed by atoms with Crippen molar-refractivity contribution in [1.82, 2.24) is 15.1 Å². The van der Waals surface area contributed by atoms with Gasteiger partial charge in [0.05, 0.1) is 23.0 Å². The van der Waals surface area contributed by atoms with Gasteiger partial charge in [-0.05, 0) is 55.3 Å². The molecule has 0 fully saturated rings. The Bertz CT molecular complexity index is 1320. The van der Waals surface area contributed by atoms with Gasteiger partial charge in [0.1, 0.15) is 6.61 Å². The minimum absolute atomic E-state index is 0.180. The van der Waals surface area contributed by atoms with Gasteiger partial charge in [-0.25, -0.2) is 14.3 Å². The molecule has 0 spiro atoms. The zero-order valence-electron chi connectivity index (χ0n) is 19.0. The van der Waals surface area contributed by atoms with Gasteiger partial charge in [0, 0.05) is 23.7 Å². The van der Waals surface area contributed by atoms with Crippen molar-refractivity contribution in [1.29, 1.82) is 0 Å². The largest absolute Gasteiger partial charge is 0.478 e. The monoisotopic (exact) mass is 458 g/mol. The van der Waals surface area contributed by atoms with Crippen molar-refractivity contribution in [3.8, 4) is 5.69 Å². The summed E-state index contributed by atoms with van der Waals surface area (Å²) < 4.78 is 7.01. The van der Waals surface area contributed by atoms with Crippen LogP contribution in [0.25, 0.3) is 16.6 Å². The first-order valence-electron chi connectivity index (χ1n) is 10.9. The number of nitrogens with one attached hydrogen (secondary N) is 2. The second-order valence-electron chi connectivity index (χ2n) is 8.15. The molecule has 0 aliphatic carbocycles. The highest BCUT2D eigenvalue weighted by molar-refractivity contribution is 5.93. The molecule has 8 heteroatoms. The molecule has 0 aliphatic heterocycles. The molecule has 0 saturated carbocycles. The summed E-state index contributed by atoms with van der Waals surface area (Å²) in [6, 6.07) is 20.0. The number of alkyl carbamates (subject to hydrolysis) is 1. The lowest BCUT2D eigenvalue weighted by Gasteiger charge is -2.16. The molecule has 8 nitrogen and oxygen atoms in total. The molecule has 1 heterocycles. The van der Waals surface area contributed by atoms with Crippen molar-refractivity contribution in [2.24, 2.45) is 0 Å². The van der Waals surface area contributed by atoms with E-state index >= 15 is 0 Å². The Morgan fingerprint density at radius 2 is 1.88 bits per heavy atom. The predicted molar refractivity (Wildman–Crippen MR) is 130 cm³/mol. The Morgan fingerprint density at radius 1 is 1.09 bits per heavy atom. The van der Waals surface area contributed by atoms with Gasteiger partial charge in [0.2, 0.25) is 0 Å². The first-order valence-corrected chi connectivity index (χ1v) is 10.9. The highest BCUT2D eigenvalue weighted by Crippen LogP contribution is 2.27. The predicted octanol–water partition coefficient (Wildman–Crippen LogP) is 4.76. The van der Waals surface area contributed by atoms with E-state index in [0.29, 0.717) is 12.2 Å². The quantitative estimate of drug-likeness (QED) is 0.352. The number of ether oxygens (including phenoxy) is 1. The van der Waals surface area contributed by atoms with E-state index in [1.807, 2.05) is 62.4 Å². The maximum Gasteiger partial charge on any atom is 0.407 e. The van der Waals surface area contributed by atoms with E-state index in [9.17, 15) is 14.7 Å². The van der Waals surface area contributed by atoms with Gasteiger partial charge in [-0.2, -0.15) is 5.10 Å². The smallest absolute Gasteiger partial charge is 0.407 e. The lowest BCUT2D eigenvalue weighted by Crippen LogP contribution is -2.37. The molecule has 1 amide bonds. The van der Waals surface area contributed by atoms with Crippen molar-refractivity contribution < 1.29 is 19.4 Å². The Labute approximate surface area is 197 Å². The fourth-order valence-electron chi connectivity index (χ4n) is 3.67. The molecule has 4 aromatic rings. The third-order valence-corrected chi connectivity index (χ3v) is 5.35. The number of nitrogens with zero attached hydrogens (tertiary/aromatic N) is 2. The molecule has 4 rings (SSSR count). The summed E-state index contributed by atoms with van der Waals surface area (Å²) in [5.74, 6) is -0.986. The highest BCUT2D eigenvalue weighted by atomic mass is 16.5. The zero-order chi connectivity index (χ0) is 24.1. The highest BCUT2D eigenvalue weighted by Gasteiger charge is 2.13. The van der Waals surface area contributed by atoms with Crippen LogP contribution in [-0.4, -0.2) is 39.5 Å². The van der Waals surface area contributed by atoms with Crippen molar-refractivity contribution in [2.75, 3.05) is 11.9 Å². The van der Waals surface area contributed by atoms with Crippen LogP contribution in [0.2, 0.25) is 0 Å². The van der Waals surface area contributed by atoms with Gasteiger partial charge >= 0.3 is 12.1 Å². The summed E-state index contributed by atoms with van der Waals surface area (Å²) in [7, 11) is 0. The number of aryl methyl sites for hydroxylation is 1. The third kappa shape index (κ3) is 5.35. The minimum atomic E-state index is -0.986. The number of hydrogen-bond acceptors (Lipinski definition) is 5. The van der Waals surface area contributed by atoms with Crippen molar-refractivity contribution >= 4 is 28.7 Å². The summed E-state index contributed by atoms with van der Waals surface area (Å²) >= 11 is 0. The number of carbonyl (C=O) groups excluding carboxylic acids is 1. The number of amides is 1. The van der Waals surface area contributed by atoms with Crippen LogP contribution in [0.1, 0.15) is 28.4 Å². The van der Waals surface area contributed by atoms with Crippen LogP contribution in [0, 0.1) is 6.92 Å². The lowest BCUT2D eigenvalue weighted by molar-refractivity contribution is 0.0696. The number of carbonyl (C=O) groups is 2. The van der Waals surface area contributed by atoms with E-state index in [2.05, 4.69) is 15.7 Å². The normalized spacial score (nSPS) is 11.7. The summed E-state index contributed by atoms with van der Waals surface area (Å²) in [6.45, 7) is 4.58. The van der Waals surface area contributed by atoms with E-state index in [-0.39, 0.29) is 18.2 Å². The lowest BCUT2D eigenvalue weighted by atomic mass is 10.1. The molecule has 3 N–H and O–H groups in total. The molecule has 0 saturated heterocycles. The van der Waals surface area contributed by atoms with Gasteiger partial charge in [-0.1, -0.05) is 36.4 Å². The number of carboxylic acid groups (broad SMARTS) is 1. The topological polar surface area (TPSA) is 105 Å². The van der Waals surface area contributed by atoms with Crippen LogP contribution < -0.4 is 10.6 Å². The van der Waals surface area contributed by atoms with Gasteiger partial charge in [-0.15, -0.1) is 0 Å². The van der Waals surface area contributed by atoms with Crippen LogP contribution in [0.3, 0.4) is 0 Å². The van der Waals surface area contributed by atoms with Crippen LogP contribution >= 0.6 is 0 Å². The number of fused-ring (bicyclic) bond motifs is 1. The Morgan fingerprint density at radius 3 is 2.65 bits per heavy atom. The molecular weight excluding hydrogens is 432 g/mol. The van der Waals surface area contributed by atoms with Crippen LogP contribution in [0.5, 0.6) is 0 Å². The molecule has 1 aromatic heterocycles. The van der Waals surface area contributed by atoms with E-state index in [4.69, 9.17) is 4.74 Å². The number of aromatic nitrogens is 2. The van der Waals surface area contributed by atoms with Gasteiger partial charge in [-0.3, -0.25) is 0 Å². The number of hydrogen-bond donors (Lipinski definition) is 3. The minimum Gasteiger partial charge on any atom is -0.478 e.